The van der Waals surface area contributed by atoms with Gasteiger partial charge < -0.3 is 11.4 Å². The van der Waals surface area contributed by atoms with Crippen molar-refractivity contribution in [2.45, 2.75) is 20.8 Å². The zero-order chi connectivity index (χ0) is 7.82. The summed E-state index contributed by atoms with van der Waals surface area (Å²) in [6.07, 6.45) is 0. The van der Waals surface area contributed by atoms with E-state index < -0.39 is 15.1 Å². The molecule has 0 aliphatic carbocycles. The molecule has 3 nitrogen and oxygen atoms in total. The van der Waals surface area contributed by atoms with E-state index in [2.05, 4.69) is 0 Å². The summed E-state index contributed by atoms with van der Waals surface area (Å²) in [5.74, 6) is 0. The van der Waals surface area contributed by atoms with Gasteiger partial charge >= 0.3 is 34.0 Å². The molecular formula is C6H16AlLiO3. The number of hydrogen-bond donors (Lipinski definition) is 0. The van der Waals surface area contributed by atoms with Crippen LogP contribution in [0.3, 0.4) is 0 Å². The topological polar surface area (TPSA) is 27.7 Å². The van der Waals surface area contributed by atoms with Gasteiger partial charge in [-0.3, -0.25) is 0 Å². The Morgan fingerprint density at radius 3 is 1.27 bits per heavy atom. The van der Waals surface area contributed by atoms with Crippen LogP contribution in [0, 0.1) is 0 Å². The third kappa shape index (κ3) is 8.92. The van der Waals surface area contributed by atoms with Crippen LogP contribution >= 0.6 is 0 Å². The van der Waals surface area contributed by atoms with Crippen molar-refractivity contribution < 1.29 is 11.4 Å². The second kappa shape index (κ2) is 11.0. The van der Waals surface area contributed by atoms with Crippen molar-refractivity contribution in [3.05, 3.63) is 0 Å². The van der Waals surface area contributed by atoms with Gasteiger partial charge in [0, 0.05) is 19.8 Å². The van der Waals surface area contributed by atoms with Crippen LogP contribution in [-0.2, 0) is 11.4 Å². The third-order valence-corrected chi connectivity index (χ3v) is 2.72. The Balaban J connectivity index is 0. The molecule has 0 aromatic rings. The summed E-state index contributed by atoms with van der Waals surface area (Å²) in [6.45, 7) is 7.86. The molecule has 0 rings (SSSR count). The molecule has 5 heteroatoms. The van der Waals surface area contributed by atoms with Crippen LogP contribution in [-0.4, -0.2) is 53.8 Å². The first-order chi connectivity index (χ1) is 4.85. The maximum atomic E-state index is 5.22. The van der Waals surface area contributed by atoms with Crippen molar-refractivity contribution >= 4 is 34.0 Å². The van der Waals surface area contributed by atoms with Crippen LogP contribution in [0.15, 0.2) is 0 Å². The Kier molecular flexibility index (Phi) is 14.5. The first-order valence-corrected chi connectivity index (χ1v) is 5.11. The van der Waals surface area contributed by atoms with E-state index in [1.807, 2.05) is 20.8 Å². The molecule has 0 saturated carbocycles. The molecule has 0 saturated heterocycles. The Hall–Kier alpha value is 1.01. The van der Waals surface area contributed by atoms with Crippen molar-refractivity contribution in [2.75, 3.05) is 19.8 Å². The van der Waals surface area contributed by atoms with Crippen LogP contribution in [0.4, 0.5) is 0 Å². The van der Waals surface area contributed by atoms with Gasteiger partial charge in [-0.1, -0.05) is 0 Å². The monoisotopic (exact) mass is 170 g/mol. The molecule has 0 amide bonds. The molecule has 0 radical (unpaired) electrons. The summed E-state index contributed by atoms with van der Waals surface area (Å²) in [5.41, 5.74) is 0. The quantitative estimate of drug-likeness (QED) is 0.541. The van der Waals surface area contributed by atoms with Crippen molar-refractivity contribution in [3.8, 4) is 0 Å². The van der Waals surface area contributed by atoms with Crippen molar-refractivity contribution in [1.29, 1.82) is 0 Å². The zero-order valence-corrected chi connectivity index (χ0v) is 8.08. The minimum atomic E-state index is -1.73. The molecule has 0 atom stereocenters. The van der Waals surface area contributed by atoms with Crippen molar-refractivity contribution in [3.63, 3.8) is 0 Å². The molecule has 0 unspecified atom stereocenters. The van der Waals surface area contributed by atoms with Crippen LogP contribution in [0.5, 0.6) is 0 Å². The summed E-state index contributed by atoms with van der Waals surface area (Å²) < 4.78 is 15.7. The zero-order valence-electron chi connectivity index (χ0n) is 6.92. The average molecular weight is 170 g/mol. The summed E-state index contributed by atoms with van der Waals surface area (Å²) in [5, 5.41) is 0. The molecule has 0 aliphatic heterocycles. The van der Waals surface area contributed by atoms with Gasteiger partial charge in [-0.15, -0.1) is 0 Å². The fourth-order valence-corrected chi connectivity index (χ4v) is 1.66. The molecular weight excluding hydrogens is 154 g/mol. The van der Waals surface area contributed by atoms with Crippen molar-refractivity contribution in [2.24, 2.45) is 0 Å². The van der Waals surface area contributed by atoms with Gasteiger partial charge in [-0.05, 0) is 20.8 Å². The van der Waals surface area contributed by atoms with Crippen LogP contribution < -0.4 is 0 Å². The second-order valence-electron chi connectivity index (χ2n) is 1.65. The van der Waals surface area contributed by atoms with E-state index in [0.717, 1.165) is 0 Å². The Morgan fingerprint density at radius 2 is 1.09 bits per heavy atom. The first kappa shape index (κ1) is 14.5. The molecule has 0 aliphatic rings. The second-order valence-corrected chi connectivity index (χ2v) is 3.23. The van der Waals surface area contributed by atoms with Gasteiger partial charge in [0.05, 0.1) is 0 Å². The van der Waals surface area contributed by atoms with Gasteiger partial charge in [0.15, 0.2) is 0 Å². The standard InChI is InChI=1S/3C2H5O.Al.Li.H/c3*1-2-3;;;/h3*2H2,1H3;;;/q3*-1;+3;;. The van der Waals surface area contributed by atoms with Gasteiger partial charge in [-0.25, -0.2) is 0 Å². The van der Waals surface area contributed by atoms with E-state index in [0.29, 0.717) is 19.8 Å². The normalized spacial score (nSPS) is 9.00. The Labute approximate surface area is 86.0 Å². The molecule has 0 fully saturated rings. The molecule has 0 aromatic heterocycles. The fourth-order valence-electron chi connectivity index (χ4n) is 0.553. The number of hydrogen-bond acceptors (Lipinski definition) is 3. The number of rotatable bonds is 6. The van der Waals surface area contributed by atoms with Crippen LogP contribution in [0.2, 0.25) is 0 Å². The summed E-state index contributed by atoms with van der Waals surface area (Å²) in [6, 6.07) is 0. The molecule has 0 heterocycles. The SMILES string of the molecule is CC[O][Al]([O]CC)[O]CC.[LiH]. The van der Waals surface area contributed by atoms with Gasteiger partial charge in [-0.2, -0.15) is 0 Å². The van der Waals surface area contributed by atoms with E-state index in [4.69, 9.17) is 11.4 Å². The Morgan fingerprint density at radius 1 is 0.818 bits per heavy atom. The first-order valence-electron chi connectivity index (χ1n) is 3.69. The fraction of sp³-hybridized carbons (Fsp3) is 1.00. The average Bonchev–Trinajstić information content (AvgIpc) is 1.90. The summed E-state index contributed by atoms with van der Waals surface area (Å²) in [7, 11) is 0. The Bertz CT molecular complexity index is 60.6. The predicted octanol–water partition coefficient (Wildman–Crippen LogP) is 0.432. The third-order valence-electron chi connectivity index (χ3n) is 0.908. The molecule has 11 heavy (non-hydrogen) atoms. The van der Waals surface area contributed by atoms with Crippen molar-refractivity contribution in [1.82, 2.24) is 0 Å². The molecule has 0 N–H and O–H groups in total. The molecule has 0 aromatic carbocycles. The van der Waals surface area contributed by atoms with Gasteiger partial charge in [0.2, 0.25) is 0 Å². The molecule has 0 bridgehead atoms. The van der Waals surface area contributed by atoms with E-state index >= 15 is 0 Å². The van der Waals surface area contributed by atoms with E-state index in [-0.39, 0.29) is 18.9 Å². The van der Waals surface area contributed by atoms with Gasteiger partial charge in [0.1, 0.15) is 0 Å². The van der Waals surface area contributed by atoms with E-state index in [9.17, 15) is 0 Å². The molecule has 62 valence electrons. The summed E-state index contributed by atoms with van der Waals surface area (Å²) >= 11 is -1.73. The van der Waals surface area contributed by atoms with Crippen LogP contribution in [0.1, 0.15) is 20.8 Å². The van der Waals surface area contributed by atoms with Gasteiger partial charge in [0.25, 0.3) is 0 Å². The summed E-state index contributed by atoms with van der Waals surface area (Å²) in [4.78, 5) is 0. The van der Waals surface area contributed by atoms with E-state index in [1.54, 1.807) is 0 Å². The molecule has 0 spiro atoms. The maximum absolute atomic E-state index is 5.22. The van der Waals surface area contributed by atoms with E-state index in [1.165, 1.54) is 0 Å². The predicted molar refractivity (Wildman–Crippen MR) is 47.8 cm³/mol. The minimum absolute atomic E-state index is 0. The van der Waals surface area contributed by atoms with Crippen LogP contribution in [0.25, 0.3) is 0 Å².